The van der Waals surface area contributed by atoms with Crippen LogP contribution in [0.2, 0.25) is 0 Å². The molecule has 180 valence electrons. The van der Waals surface area contributed by atoms with E-state index in [1.54, 1.807) is 30.9 Å². The third-order valence-electron chi connectivity index (χ3n) is 7.06. The number of hydrogen-bond acceptors (Lipinski definition) is 5. The fourth-order valence-electron chi connectivity index (χ4n) is 5.15. The summed E-state index contributed by atoms with van der Waals surface area (Å²) in [7, 11) is 2.05. The highest BCUT2D eigenvalue weighted by Crippen LogP contribution is 2.33. The van der Waals surface area contributed by atoms with Crippen LogP contribution >= 0.6 is 0 Å². The van der Waals surface area contributed by atoms with Crippen molar-refractivity contribution in [1.82, 2.24) is 24.8 Å². The molecule has 1 aliphatic rings. The molecule has 6 rings (SSSR count). The fraction of sp³-hybridized carbons (Fsp3) is 0.241. The number of carbonyl (C=O) groups is 1. The van der Waals surface area contributed by atoms with Crippen LogP contribution in [0.5, 0.6) is 0 Å². The van der Waals surface area contributed by atoms with Crippen LogP contribution in [-0.2, 0) is 7.05 Å². The van der Waals surface area contributed by atoms with E-state index in [2.05, 4.69) is 66.7 Å². The van der Waals surface area contributed by atoms with Crippen molar-refractivity contribution in [2.24, 2.45) is 7.05 Å². The Labute approximate surface area is 209 Å². The average molecular weight is 477 g/mol. The zero-order chi connectivity index (χ0) is 24.5. The Kier molecular flexibility index (Phi) is 5.81. The van der Waals surface area contributed by atoms with Crippen molar-refractivity contribution >= 4 is 39.2 Å². The predicted octanol–water partition coefficient (Wildman–Crippen LogP) is 5.99. The number of nitrogens with zero attached hydrogens (tertiary/aromatic N) is 4. The lowest BCUT2D eigenvalue weighted by Crippen LogP contribution is -2.36. The molecule has 36 heavy (non-hydrogen) atoms. The summed E-state index contributed by atoms with van der Waals surface area (Å²) in [5, 5.41) is 7.85. The summed E-state index contributed by atoms with van der Waals surface area (Å²) >= 11 is 0. The molecule has 0 bridgehead atoms. The number of benzene rings is 2. The number of aromatic nitrogens is 4. The molecule has 2 aromatic carbocycles. The standard InChI is InChI=1S/C29H28N6O/c1-35-14-10-19-7-8-20(15-27(19)35)24-16-22(17-25-28(24)32-13-12-31-25)33-26-18-30-11-9-23(26)29(36)34-21-5-3-2-4-6-21/h7-18,21,33H,2-6H2,1H3,(H,34,36). The summed E-state index contributed by atoms with van der Waals surface area (Å²) in [5.41, 5.74) is 6.86. The highest BCUT2D eigenvalue weighted by molar-refractivity contribution is 6.01. The number of anilines is 2. The van der Waals surface area contributed by atoms with Gasteiger partial charge in [0.2, 0.25) is 0 Å². The van der Waals surface area contributed by atoms with Crippen LogP contribution in [0, 0.1) is 0 Å². The molecule has 3 heterocycles. The number of amides is 1. The molecule has 2 N–H and O–H groups in total. The number of aryl methyl sites for hydroxylation is 1. The number of hydrogen-bond donors (Lipinski definition) is 2. The topological polar surface area (TPSA) is 84.7 Å². The highest BCUT2D eigenvalue weighted by atomic mass is 16.1. The summed E-state index contributed by atoms with van der Waals surface area (Å²) in [6.07, 6.45) is 14.5. The molecular formula is C29H28N6O. The number of pyridine rings is 1. The Morgan fingerprint density at radius 1 is 0.972 bits per heavy atom. The minimum atomic E-state index is -0.0678. The predicted molar refractivity (Wildman–Crippen MR) is 143 cm³/mol. The van der Waals surface area contributed by atoms with Crippen molar-refractivity contribution < 1.29 is 4.79 Å². The second-order valence-corrected chi connectivity index (χ2v) is 9.50. The summed E-state index contributed by atoms with van der Waals surface area (Å²) in [6, 6.07) is 14.6. The number of rotatable bonds is 5. The van der Waals surface area contributed by atoms with E-state index in [1.165, 1.54) is 24.6 Å². The molecule has 1 aliphatic carbocycles. The molecule has 0 radical (unpaired) electrons. The van der Waals surface area contributed by atoms with Gasteiger partial charge in [0.25, 0.3) is 5.91 Å². The molecule has 0 atom stereocenters. The van der Waals surface area contributed by atoms with E-state index in [9.17, 15) is 4.79 Å². The Morgan fingerprint density at radius 3 is 2.72 bits per heavy atom. The first kappa shape index (κ1) is 22.2. The maximum absolute atomic E-state index is 13.2. The van der Waals surface area contributed by atoms with Gasteiger partial charge in [-0.2, -0.15) is 0 Å². The van der Waals surface area contributed by atoms with Crippen LogP contribution in [0.15, 0.2) is 73.4 Å². The van der Waals surface area contributed by atoms with E-state index in [-0.39, 0.29) is 11.9 Å². The number of carbonyl (C=O) groups excluding carboxylic acids is 1. The first-order chi connectivity index (χ1) is 17.7. The molecule has 7 nitrogen and oxygen atoms in total. The van der Waals surface area contributed by atoms with Crippen LogP contribution in [-0.4, -0.2) is 31.5 Å². The smallest absolute Gasteiger partial charge is 0.253 e. The van der Waals surface area contributed by atoms with Crippen LogP contribution in [0.25, 0.3) is 33.1 Å². The third-order valence-corrected chi connectivity index (χ3v) is 7.06. The summed E-state index contributed by atoms with van der Waals surface area (Å²) < 4.78 is 2.11. The maximum atomic E-state index is 13.2. The number of nitrogens with one attached hydrogen (secondary N) is 2. The zero-order valence-corrected chi connectivity index (χ0v) is 20.2. The quantitative estimate of drug-likeness (QED) is 0.325. The Morgan fingerprint density at radius 2 is 1.83 bits per heavy atom. The van der Waals surface area contributed by atoms with Crippen molar-refractivity contribution in [2.45, 2.75) is 38.1 Å². The van der Waals surface area contributed by atoms with Gasteiger partial charge in [0.15, 0.2) is 0 Å². The van der Waals surface area contributed by atoms with Crippen molar-refractivity contribution in [2.75, 3.05) is 5.32 Å². The van der Waals surface area contributed by atoms with Crippen molar-refractivity contribution in [3.05, 3.63) is 79.0 Å². The van der Waals surface area contributed by atoms with Gasteiger partial charge in [-0.25, -0.2) is 0 Å². The van der Waals surface area contributed by atoms with E-state index in [1.807, 2.05) is 13.1 Å². The van der Waals surface area contributed by atoms with E-state index >= 15 is 0 Å². The Bertz CT molecular complexity index is 1570. The second kappa shape index (κ2) is 9.41. The van der Waals surface area contributed by atoms with Crippen molar-refractivity contribution in [3.63, 3.8) is 0 Å². The molecule has 1 amide bonds. The first-order valence-corrected chi connectivity index (χ1v) is 12.5. The van der Waals surface area contributed by atoms with Gasteiger partial charge >= 0.3 is 0 Å². The molecule has 5 aromatic rings. The van der Waals surface area contributed by atoms with Crippen LogP contribution in [0.4, 0.5) is 11.4 Å². The van der Waals surface area contributed by atoms with Gasteiger partial charge in [-0.05, 0) is 54.1 Å². The SMILES string of the molecule is Cn1ccc2ccc(-c3cc(Nc4cnccc4C(=O)NC4CCCCC4)cc4nccnc34)cc21. The molecule has 7 heteroatoms. The van der Waals surface area contributed by atoms with Gasteiger partial charge in [0, 0.05) is 54.6 Å². The number of fused-ring (bicyclic) bond motifs is 2. The molecule has 3 aromatic heterocycles. The minimum Gasteiger partial charge on any atom is -0.354 e. The third kappa shape index (κ3) is 4.28. The molecule has 1 saturated carbocycles. The van der Waals surface area contributed by atoms with Crippen LogP contribution in [0.3, 0.4) is 0 Å². The Balaban J connectivity index is 1.37. The van der Waals surface area contributed by atoms with Crippen molar-refractivity contribution in [1.29, 1.82) is 0 Å². The van der Waals surface area contributed by atoms with E-state index in [0.29, 0.717) is 11.3 Å². The zero-order valence-electron chi connectivity index (χ0n) is 20.2. The largest absolute Gasteiger partial charge is 0.354 e. The normalized spacial score (nSPS) is 14.2. The van der Waals surface area contributed by atoms with Gasteiger partial charge < -0.3 is 15.2 Å². The van der Waals surface area contributed by atoms with Crippen LogP contribution in [0.1, 0.15) is 42.5 Å². The summed E-state index contributed by atoms with van der Waals surface area (Å²) in [6.45, 7) is 0. The van der Waals surface area contributed by atoms with Gasteiger partial charge in [-0.1, -0.05) is 31.4 Å². The summed E-state index contributed by atoms with van der Waals surface area (Å²) in [5.74, 6) is -0.0678. The maximum Gasteiger partial charge on any atom is 0.253 e. The average Bonchev–Trinajstić information content (AvgIpc) is 3.29. The summed E-state index contributed by atoms with van der Waals surface area (Å²) in [4.78, 5) is 26.6. The molecule has 0 spiro atoms. The fourth-order valence-corrected chi connectivity index (χ4v) is 5.15. The lowest BCUT2D eigenvalue weighted by molar-refractivity contribution is 0.0928. The van der Waals surface area contributed by atoms with Gasteiger partial charge in [0.05, 0.1) is 28.5 Å². The lowest BCUT2D eigenvalue weighted by atomic mass is 9.95. The monoisotopic (exact) mass is 476 g/mol. The van der Waals surface area contributed by atoms with Gasteiger partial charge in [-0.15, -0.1) is 0 Å². The Hall–Kier alpha value is -4.26. The first-order valence-electron chi connectivity index (χ1n) is 12.5. The van der Waals surface area contributed by atoms with E-state index in [0.717, 1.165) is 46.2 Å². The highest BCUT2D eigenvalue weighted by Gasteiger charge is 2.19. The molecule has 1 fully saturated rings. The lowest BCUT2D eigenvalue weighted by Gasteiger charge is -2.23. The molecule has 0 unspecified atom stereocenters. The second-order valence-electron chi connectivity index (χ2n) is 9.50. The van der Waals surface area contributed by atoms with Crippen LogP contribution < -0.4 is 10.6 Å². The molecular weight excluding hydrogens is 448 g/mol. The van der Waals surface area contributed by atoms with E-state index in [4.69, 9.17) is 0 Å². The molecule has 0 saturated heterocycles. The van der Waals surface area contributed by atoms with Crippen molar-refractivity contribution in [3.8, 4) is 11.1 Å². The van der Waals surface area contributed by atoms with Gasteiger partial charge in [0.1, 0.15) is 0 Å². The minimum absolute atomic E-state index is 0.0678. The molecule has 0 aliphatic heterocycles. The van der Waals surface area contributed by atoms with Gasteiger partial charge in [-0.3, -0.25) is 19.7 Å². The van der Waals surface area contributed by atoms with E-state index < -0.39 is 0 Å².